The van der Waals surface area contributed by atoms with Gasteiger partial charge in [0, 0.05) is 18.6 Å². The summed E-state index contributed by atoms with van der Waals surface area (Å²) in [4.78, 5) is 2.58. The molecule has 19 heavy (non-hydrogen) atoms. The monoisotopic (exact) mass is 260 g/mol. The van der Waals surface area contributed by atoms with Crippen molar-refractivity contribution < 1.29 is 0 Å². The van der Waals surface area contributed by atoms with E-state index >= 15 is 0 Å². The molecule has 1 aliphatic rings. The summed E-state index contributed by atoms with van der Waals surface area (Å²) in [6.45, 7) is 11.2. The molecule has 0 aliphatic carbocycles. The molecule has 1 fully saturated rings. The van der Waals surface area contributed by atoms with Crippen LogP contribution in [0.5, 0.6) is 0 Å². The van der Waals surface area contributed by atoms with Crippen LogP contribution in [0.25, 0.3) is 0 Å². The van der Waals surface area contributed by atoms with Gasteiger partial charge in [0.2, 0.25) is 0 Å². The molecule has 0 unspecified atom stereocenters. The predicted molar refractivity (Wildman–Crippen MR) is 82.2 cm³/mol. The summed E-state index contributed by atoms with van der Waals surface area (Å²) in [6.07, 6.45) is 4.15. The topological polar surface area (TPSA) is 15.3 Å². The molecule has 0 bridgehead atoms. The zero-order chi connectivity index (χ0) is 13.7. The lowest BCUT2D eigenvalue weighted by Gasteiger charge is -2.26. The summed E-state index contributed by atoms with van der Waals surface area (Å²) in [5, 5.41) is 3.53. The maximum atomic E-state index is 3.53. The molecule has 2 heteroatoms. The van der Waals surface area contributed by atoms with E-state index in [9.17, 15) is 0 Å². The SMILES string of the molecule is CC(C)(C)NCc1ccc(CN2CCCCC2)cc1. The third kappa shape index (κ3) is 5.33. The first-order chi connectivity index (χ1) is 9.03. The quantitative estimate of drug-likeness (QED) is 0.890. The maximum absolute atomic E-state index is 3.53. The Kier molecular flexibility index (Phi) is 5.00. The van der Waals surface area contributed by atoms with Gasteiger partial charge in [-0.2, -0.15) is 0 Å². The van der Waals surface area contributed by atoms with Gasteiger partial charge in [-0.3, -0.25) is 4.90 Å². The van der Waals surface area contributed by atoms with Gasteiger partial charge in [0.1, 0.15) is 0 Å². The normalized spacial score (nSPS) is 17.6. The Labute approximate surface area is 118 Å². The van der Waals surface area contributed by atoms with Crippen molar-refractivity contribution in [2.75, 3.05) is 13.1 Å². The lowest BCUT2D eigenvalue weighted by atomic mass is 10.1. The van der Waals surface area contributed by atoms with Crippen molar-refractivity contribution in [3.8, 4) is 0 Å². The Morgan fingerprint density at radius 2 is 1.53 bits per heavy atom. The molecule has 1 aliphatic heterocycles. The predicted octanol–water partition coefficient (Wildman–Crippen LogP) is 3.56. The van der Waals surface area contributed by atoms with E-state index in [0.717, 1.165) is 13.1 Å². The summed E-state index contributed by atoms with van der Waals surface area (Å²) in [5.74, 6) is 0. The number of hydrogen-bond donors (Lipinski definition) is 1. The van der Waals surface area contributed by atoms with Gasteiger partial charge in [0.05, 0.1) is 0 Å². The van der Waals surface area contributed by atoms with Crippen LogP contribution < -0.4 is 5.32 Å². The minimum atomic E-state index is 0.187. The number of piperidine rings is 1. The number of rotatable bonds is 4. The van der Waals surface area contributed by atoms with E-state index in [-0.39, 0.29) is 5.54 Å². The number of likely N-dealkylation sites (tertiary alicyclic amines) is 1. The zero-order valence-electron chi connectivity index (χ0n) is 12.7. The molecular weight excluding hydrogens is 232 g/mol. The molecular formula is C17H28N2. The van der Waals surface area contributed by atoms with Crippen LogP contribution in [0, 0.1) is 0 Å². The molecule has 2 rings (SSSR count). The number of benzene rings is 1. The summed E-state index contributed by atoms with van der Waals surface area (Å²) < 4.78 is 0. The van der Waals surface area contributed by atoms with Gasteiger partial charge in [0.25, 0.3) is 0 Å². The van der Waals surface area contributed by atoms with Gasteiger partial charge in [0.15, 0.2) is 0 Å². The van der Waals surface area contributed by atoms with Gasteiger partial charge in [-0.05, 0) is 57.8 Å². The van der Waals surface area contributed by atoms with Gasteiger partial charge < -0.3 is 5.32 Å². The van der Waals surface area contributed by atoms with Crippen molar-refractivity contribution >= 4 is 0 Å². The zero-order valence-corrected chi connectivity index (χ0v) is 12.7. The highest BCUT2D eigenvalue weighted by Gasteiger charge is 2.11. The van der Waals surface area contributed by atoms with Crippen LogP contribution in [-0.4, -0.2) is 23.5 Å². The van der Waals surface area contributed by atoms with Crippen molar-refractivity contribution in [3.05, 3.63) is 35.4 Å². The summed E-state index contributed by atoms with van der Waals surface area (Å²) in [5.41, 5.74) is 3.01. The summed E-state index contributed by atoms with van der Waals surface area (Å²) >= 11 is 0. The molecule has 1 N–H and O–H groups in total. The Bertz CT molecular complexity index is 369. The molecule has 1 heterocycles. The fraction of sp³-hybridized carbons (Fsp3) is 0.647. The number of nitrogens with one attached hydrogen (secondary N) is 1. The van der Waals surface area contributed by atoms with Crippen molar-refractivity contribution in [1.82, 2.24) is 10.2 Å². The van der Waals surface area contributed by atoms with Crippen molar-refractivity contribution in [1.29, 1.82) is 0 Å². The molecule has 0 radical (unpaired) electrons. The van der Waals surface area contributed by atoms with Crippen LogP contribution in [0.3, 0.4) is 0 Å². The van der Waals surface area contributed by atoms with Crippen molar-refractivity contribution in [2.45, 2.75) is 58.7 Å². The first-order valence-corrected chi connectivity index (χ1v) is 7.58. The third-order valence-corrected chi connectivity index (χ3v) is 3.70. The Hall–Kier alpha value is -0.860. The van der Waals surface area contributed by atoms with E-state index in [2.05, 4.69) is 55.3 Å². The molecule has 106 valence electrons. The molecule has 1 aromatic rings. The van der Waals surface area contributed by atoms with Crippen molar-refractivity contribution in [2.24, 2.45) is 0 Å². The van der Waals surface area contributed by atoms with Crippen LogP contribution >= 0.6 is 0 Å². The fourth-order valence-corrected chi connectivity index (χ4v) is 2.51. The van der Waals surface area contributed by atoms with Crippen LogP contribution in [0.15, 0.2) is 24.3 Å². The highest BCUT2D eigenvalue weighted by molar-refractivity contribution is 5.22. The van der Waals surface area contributed by atoms with Gasteiger partial charge in [-0.15, -0.1) is 0 Å². The molecule has 0 spiro atoms. The van der Waals surface area contributed by atoms with Crippen molar-refractivity contribution in [3.63, 3.8) is 0 Å². The lowest BCUT2D eigenvalue weighted by Crippen LogP contribution is -2.35. The Balaban J connectivity index is 1.83. The second kappa shape index (κ2) is 6.53. The molecule has 0 saturated carbocycles. The first kappa shape index (κ1) is 14.5. The van der Waals surface area contributed by atoms with Gasteiger partial charge >= 0.3 is 0 Å². The van der Waals surface area contributed by atoms with E-state index in [4.69, 9.17) is 0 Å². The minimum Gasteiger partial charge on any atom is -0.308 e. The second-order valence-electron chi connectivity index (χ2n) is 6.76. The highest BCUT2D eigenvalue weighted by Crippen LogP contribution is 2.14. The van der Waals surface area contributed by atoms with E-state index in [1.807, 2.05) is 0 Å². The average Bonchev–Trinajstić information content (AvgIpc) is 2.38. The van der Waals surface area contributed by atoms with E-state index in [0.29, 0.717) is 0 Å². The van der Waals surface area contributed by atoms with Crippen LogP contribution in [0.2, 0.25) is 0 Å². The van der Waals surface area contributed by atoms with E-state index < -0.39 is 0 Å². The van der Waals surface area contributed by atoms with E-state index in [1.165, 1.54) is 43.5 Å². The minimum absolute atomic E-state index is 0.187. The van der Waals surface area contributed by atoms with Crippen LogP contribution in [0.4, 0.5) is 0 Å². The summed E-state index contributed by atoms with van der Waals surface area (Å²) in [6, 6.07) is 9.10. The molecule has 2 nitrogen and oxygen atoms in total. The van der Waals surface area contributed by atoms with Crippen LogP contribution in [-0.2, 0) is 13.1 Å². The standard InChI is InChI=1S/C17H28N2/c1-17(2,3)18-13-15-7-9-16(10-8-15)14-19-11-5-4-6-12-19/h7-10,18H,4-6,11-14H2,1-3H3. The molecule has 1 saturated heterocycles. The molecule has 1 aromatic carbocycles. The largest absolute Gasteiger partial charge is 0.308 e. The number of hydrogen-bond acceptors (Lipinski definition) is 2. The van der Waals surface area contributed by atoms with E-state index in [1.54, 1.807) is 0 Å². The highest BCUT2D eigenvalue weighted by atomic mass is 15.1. The second-order valence-corrected chi connectivity index (χ2v) is 6.76. The molecule has 0 atom stereocenters. The Morgan fingerprint density at radius 1 is 0.947 bits per heavy atom. The van der Waals surface area contributed by atoms with Crippen LogP contribution in [0.1, 0.15) is 51.2 Å². The van der Waals surface area contributed by atoms with Gasteiger partial charge in [-0.1, -0.05) is 30.7 Å². The molecule has 0 aromatic heterocycles. The lowest BCUT2D eigenvalue weighted by molar-refractivity contribution is 0.221. The number of nitrogens with zero attached hydrogens (tertiary/aromatic N) is 1. The molecule has 0 amide bonds. The maximum Gasteiger partial charge on any atom is 0.0233 e. The fourth-order valence-electron chi connectivity index (χ4n) is 2.51. The summed E-state index contributed by atoms with van der Waals surface area (Å²) in [7, 11) is 0. The first-order valence-electron chi connectivity index (χ1n) is 7.58. The van der Waals surface area contributed by atoms with Gasteiger partial charge in [-0.25, -0.2) is 0 Å². The Morgan fingerprint density at radius 3 is 2.11 bits per heavy atom. The third-order valence-electron chi connectivity index (χ3n) is 3.70. The average molecular weight is 260 g/mol. The smallest absolute Gasteiger partial charge is 0.0233 e.